The monoisotopic (exact) mass is 158 g/mol. The van der Waals surface area contributed by atoms with Crippen molar-refractivity contribution in [3.05, 3.63) is 0 Å². The van der Waals surface area contributed by atoms with E-state index in [1.165, 1.54) is 0 Å². The standard InChI is InChI=1S/C5H6F4O/c6-4(7)5(8,9)1-3-2-10-3/h3-4H,1-2H2. The van der Waals surface area contributed by atoms with E-state index in [4.69, 9.17) is 0 Å². The third kappa shape index (κ3) is 1.83. The van der Waals surface area contributed by atoms with Crippen molar-refractivity contribution in [2.75, 3.05) is 6.61 Å². The van der Waals surface area contributed by atoms with Crippen LogP contribution in [0.4, 0.5) is 17.6 Å². The number of hydrogen-bond acceptors (Lipinski definition) is 1. The summed E-state index contributed by atoms with van der Waals surface area (Å²) in [6.45, 7) is 0.183. The lowest BCUT2D eigenvalue weighted by molar-refractivity contribution is -0.135. The van der Waals surface area contributed by atoms with Crippen molar-refractivity contribution in [2.45, 2.75) is 24.9 Å². The summed E-state index contributed by atoms with van der Waals surface area (Å²) in [5.74, 6) is -3.87. The smallest absolute Gasteiger partial charge is 0.310 e. The summed E-state index contributed by atoms with van der Waals surface area (Å²) in [6.07, 6.45) is -5.08. The maximum absolute atomic E-state index is 12.0. The van der Waals surface area contributed by atoms with Crippen LogP contribution in [0, 0.1) is 0 Å². The van der Waals surface area contributed by atoms with E-state index < -0.39 is 24.9 Å². The topological polar surface area (TPSA) is 12.5 Å². The van der Waals surface area contributed by atoms with Gasteiger partial charge in [-0.05, 0) is 0 Å². The Bertz CT molecular complexity index is 121. The van der Waals surface area contributed by atoms with Crippen molar-refractivity contribution in [1.29, 1.82) is 0 Å². The molecule has 1 saturated heterocycles. The molecule has 0 aliphatic carbocycles. The molecule has 1 rings (SSSR count). The number of epoxide rings is 1. The van der Waals surface area contributed by atoms with E-state index in [0.29, 0.717) is 0 Å². The van der Waals surface area contributed by atoms with Crippen molar-refractivity contribution in [3.8, 4) is 0 Å². The first-order valence-electron chi connectivity index (χ1n) is 2.80. The lowest BCUT2D eigenvalue weighted by Crippen LogP contribution is -2.28. The Morgan fingerprint density at radius 1 is 1.50 bits per heavy atom. The molecule has 0 amide bonds. The summed E-state index contributed by atoms with van der Waals surface area (Å²) >= 11 is 0. The minimum Gasteiger partial charge on any atom is -0.373 e. The number of alkyl halides is 4. The number of halogens is 4. The van der Waals surface area contributed by atoms with E-state index in [9.17, 15) is 17.6 Å². The highest BCUT2D eigenvalue weighted by atomic mass is 19.3. The Labute approximate surface area is 55.0 Å². The first kappa shape index (κ1) is 7.78. The summed E-state index contributed by atoms with van der Waals surface area (Å²) in [6, 6.07) is 0. The van der Waals surface area contributed by atoms with E-state index in [1.807, 2.05) is 0 Å². The van der Waals surface area contributed by atoms with Gasteiger partial charge in [-0.3, -0.25) is 0 Å². The molecule has 1 heterocycles. The minimum atomic E-state index is -3.87. The Morgan fingerprint density at radius 2 is 2.00 bits per heavy atom. The largest absolute Gasteiger partial charge is 0.373 e. The predicted octanol–water partition coefficient (Wildman–Crippen LogP) is 1.68. The molecule has 10 heavy (non-hydrogen) atoms. The fourth-order valence-corrected chi connectivity index (χ4v) is 0.579. The Morgan fingerprint density at radius 3 is 2.30 bits per heavy atom. The highest BCUT2D eigenvalue weighted by Gasteiger charge is 2.45. The van der Waals surface area contributed by atoms with Gasteiger partial charge in [0.05, 0.1) is 12.7 Å². The van der Waals surface area contributed by atoms with Gasteiger partial charge in [0.1, 0.15) is 0 Å². The van der Waals surface area contributed by atoms with E-state index in [1.54, 1.807) is 0 Å². The van der Waals surface area contributed by atoms with Gasteiger partial charge in [0, 0.05) is 6.42 Å². The summed E-state index contributed by atoms with van der Waals surface area (Å²) in [4.78, 5) is 0. The summed E-state index contributed by atoms with van der Waals surface area (Å²) in [5, 5.41) is 0. The molecule has 0 spiro atoms. The van der Waals surface area contributed by atoms with E-state index in [-0.39, 0.29) is 6.61 Å². The average molecular weight is 158 g/mol. The lowest BCUT2D eigenvalue weighted by atomic mass is 10.2. The molecular weight excluding hydrogens is 152 g/mol. The van der Waals surface area contributed by atoms with Crippen molar-refractivity contribution in [1.82, 2.24) is 0 Å². The molecule has 0 N–H and O–H groups in total. The van der Waals surface area contributed by atoms with Crippen LogP contribution in [-0.4, -0.2) is 25.1 Å². The van der Waals surface area contributed by atoms with Gasteiger partial charge in [0.15, 0.2) is 0 Å². The molecule has 1 nitrogen and oxygen atoms in total. The first-order valence-corrected chi connectivity index (χ1v) is 2.80. The fraction of sp³-hybridized carbons (Fsp3) is 1.00. The number of hydrogen-bond donors (Lipinski definition) is 0. The van der Waals surface area contributed by atoms with Crippen molar-refractivity contribution < 1.29 is 22.3 Å². The van der Waals surface area contributed by atoms with E-state index >= 15 is 0 Å². The van der Waals surface area contributed by atoms with Crippen LogP contribution in [0.2, 0.25) is 0 Å². The molecule has 1 aliphatic heterocycles. The first-order chi connectivity index (χ1) is 4.52. The number of rotatable bonds is 3. The Hall–Kier alpha value is -0.320. The molecule has 0 bridgehead atoms. The molecule has 1 fully saturated rings. The van der Waals surface area contributed by atoms with Crippen LogP contribution < -0.4 is 0 Å². The molecule has 0 aromatic carbocycles. The molecular formula is C5H6F4O. The van der Waals surface area contributed by atoms with Crippen LogP contribution in [0.1, 0.15) is 6.42 Å². The molecule has 0 aromatic heterocycles. The fourth-order valence-electron chi connectivity index (χ4n) is 0.579. The average Bonchev–Trinajstić information content (AvgIpc) is 2.48. The Kier molecular flexibility index (Phi) is 1.85. The van der Waals surface area contributed by atoms with Crippen molar-refractivity contribution >= 4 is 0 Å². The second kappa shape index (κ2) is 2.38. The zero-order chi connectivity index (χ0) is 7.78. The van der Waals surface area contributed by atoms with E-state index in [0.717, 1.165) is 0 Å². The van der Waals surface area contributed by atoms with Gasteiger partial charge in [-0.25, -0.2) is 17.6 Å². The van der Waals surface area contributed by atoms with Gasteiger partial charge in [-0.1, -0.05) is 0 Å². The second-order valence-electron chi connectivity index (χ2n) is 2.22. The van der Waals surface area contributed by atoms with Crippen molar-refractivity contribution in [3.63, 3.8) is 0 Å². The predicted molar refractivity (Wildman–Crippen MR) is 25.3 cm³/mol. The SMILES string of the molecule is FC(F)C(F)(F)CC1CO1. The molecule has 5 heteroatoms. The van der Waals surface area contributed by atoms with Crippen LogP contribution >= 0.6 is 0 Å². The van der Waals surface area contributed by atoms with Crippen molar-refractivity contribution in [2.24, 2.45) is 0 Å². The summed E-state index contributed by atoms with van der Waals surface area (Å²) in [5.41, 5.74) is 0. The van der Waals surface area contributed by atoms with Crippen LogP contribution in [0.15, 0.2) is 0 Å². The van der Waals surface area contributed by atoms with Crippen LogP contribution in [0.3, 0.4) is 0 Å². The highest BCUT2D eigenvalue weighted by molar-refractivity contribution is 4.80. The Balaban J connectivity index is 2.33. The maximum atomic E-state index is 12.0. The second-order valence-corrected chi connectivity index (χ2v) is 2.22. The van der Waals surface area contributed by atoms with Gasteiger partial charge in [0.25, 0.3) is 0 Å². The summed E-state index contributed by atoms with van der Waals surface area (Å²) in [7, 11) is 0. The van der Waals surface area contributed by atoms with Crippen LogP contribution in [0.25, 0.3) is 0 Å². The molecule has 1 atom stereocenters. The zero-order valence-electron chi connectivity index (χ0n) is 4.99. The van der Waals surface area contributed by atoms with E-state index in [2.05, 4.69) is 4.74 Å². The normalized spacial score (nSPS) is 25.5. The molecule has 1 unspecified atom stereocenters. The molecule has 0 aromatic rings. The van der Waals surface area contributed by atoms with Gasteiger partial charge in [0.2, 0.25) is 0 Å². The third-order valence-corrected chi connectivity index (χ3v) is 1.22. The highest BCUT2D eigenvalue weighted by Crippen LogP contribution is 2.32. The molecule has 60 valence electrons. The van der Waals surface area contributed by atoms with Gasteiger partial charge in [-0.15, -0.1) is 0 Å². The minimum absolute atomic E-state index is 0.183. The van der Waals surface area contributed by atoms with Crippen LogP contribution in [0.5, 0.6) is 0 Å². The summed E-state index contributed by atoms with van der Waals surface area (Å²) < 4.78 is 51.2. The van der Waals surface area contributed by atoms with Crippen LogP contribution in [-0.2, 0) is 4.74 Å². The molecule has 0 saturated carbocycles. The third-order valence-electron chi connectivity index (χ3n) is 1.22. The quantitative estimate of drug-likeness (QED) is 0.449. The zero-order valence-corrected chi connectivity index (χ0v) is 4.99. The lowest BCUT2D eigenvalue weighted by Gasteiger charge is -2.12. The maximum Gasteiger partial charge on any atom is 0.310 e. The number of ether oxygens (including phenoxy) is 1. The van der Waals surface area contributed by atoms with Gasteiger partial charge in [-0.2, -0.15) is 0 Å². The van der Waals surface area contributed by atoms with Gasteiger partial charge >= 0.3 is 12.3 Å². The molecule has 0 radical (unpaired) electrons. The van der Waals surface area contributed by atoms with Gasteiger partial charge < -0.3 is 4.74 Å². The molecule has 1 aliphatic rings.